The van der Waals surface area contributed by atoms with Crippen LogP contribution in [0.25, 0.3) is 0 Å². The number of likely N-dealkylation sites (N-methyl/N-ethyl adjacent to an activating group) is 1. The molecule has 0 bridgehead atoms. The summed E-state index contributed by atoms with van der Waals surface area (Å²) in [7, 11) is 1.58. The molecule has 0 heterocycles. The van der Waals surface area contributed by atoms with Crippen molar-refractivity contribution in [1.29, 1.82) is 0 Å². The number of nitrogens with one attached hydrogen (secondary N) is 1. The van der Waals surface area contributed by atoms with Crippen LogP contribution in [0.1, 0.15) is 76.2 Å². The maximum Gasteiger partial charge on any atom is 0.437 e. The van der Waals surface area contributed by atoms with Crippen molar-refractivity contribution in [3.8, 4) is 0 Å². The lowest BCUT2D eigenvalue weighted by molar-refractivity contribution is -0.160. The molecule has 0 saturated heterocycles. The fourth-order valence-corrected chi connectivity index (χ4v) is 4.31. The molecule has 1 N–H and O–H groups in total. The number of guanidine groups is 1. The van der Waals surface area contributed by atoms with Crippen LogP contribution in [0, 0.1) is 0 Å². The lowest BCUT2D eigenvalue weighted by atomic mass is 9.95. The number of benzene rings is 1. The summed E-state index contributed by atoms with van der Waals surface area (Å²) >= 11 is 0. The average Bonchev–Trinajstić information content (AvgIpc) is 3.34. The largest absolute Gasteiger partial charge is 0.458 e. The average molecular weight is 512 g/mol. The van der Waals surface area contributed by atoms with Gasteiger partial charge < -0.3 is 14.4 Å². The van der Waals surface area contributed by atoms with Gasteiger partial charge in [-0.15, -0.1) is 18.2 Å². The maximum atomic E-state index is 12.9. The van der Waals surface area contributed by atoms with Crippen molar-refractivity contribution in [2.45, 2.75) is 82.8 Å². The van der Waals surface area contributed by atoms with Crippen LogP contribution >= 0.6 is 0 Å². The lowest BCUT2D eigenvalue weighted by Crippen LogP contribution is -2.46. The fraction of sp³-hybridized carbons (Fsp3) is 0.517. The van der Waals surface area contributed by atoms with Crippen molar-refractivity contribution >= 4 is 23.9 Å². The Balaban J connectivity index is 2.02. The number of unbranched alkanes of at least 4 members (excludes halogenated alkanes) is 3. The molecule has 1 fully saturated rings. The third-order valence-corrected chi connectivity index (χ3v) is 6.34. The minimum atomic E-state index is -0.858. The Bertz CT molecular complexity index is 923. The highest BCUT2D eigenvalue weighted by atomic mass is 16.6. The van der Waals surface area contributed by atoms with E-state index < -0.39 is 17.7 Å². The van der Waals surface area contributed by atoms with E-state index in [9.17, 15) is 14.4 Å². The topological polar surface area (TPSA) is 97.3 Å². The van der Waals surface area contributed by atoms with Gasteiger partial charge in [0, 0.05) is 13.5 Å². The molecule has 37 heavy (non-hydrogen) atoms. The summed E-state index contributed by atoms with van der Waals surface area (Å²) in [4.78, 5) is 43.3. The van der Waals surface area contributed by atoms with Gasteiger partial charge in [-0.2, -0.15) is 0 Å². The second-order valence-electron chi connectivity index (χ2n) is 9.46. The first-order chi connectivity index (χ1) is 17.9. The fourth-order valence-electron chi connectivity index (χ4n) is 4.31. The van der Waals surface area contributed by atoms with Crippen LogP contribution in [0.15, 0.2) is 60.6 Å². The normalized spacial score (nSPS) is 14.5. The number of aliphatic imine (C=N–C) groups is 1. The van der Waals surface area contributed by atoms with Gasteiger partial charge in [-0.3, -0.25) is 14.9 Å². The molecule has 1 aliphatic rings. The van der Waals surface area contributed by atoms with E-state index in [4.69, 9.17) is 9.47 Å². The van der Waals surface area contributed by atoms with Crippen LogP contribution < -0.4 is 5.32 Å². The first kappa shape index (κ1) is 29.8. The van der Waals surface area contributed by atoms with E-state index in [1.54, 1.807) is 7.05 Å². The van der Waals surface area contributed by atoms with Crippen molar-refractivity contribution in [3.05, 3.63) is 61.2 Å². The molecule has 8 nitrogen and oxygen atoms in total. The number of hydrogen-bond donors (Lipinski definition) is 1. The molecule has 1 saturated carbocycles. The molecule has 0 aliphatic heterocycles. The Kier molecular flexibility index (Phi) is 13.2. The van der Waals surface area contributed by atoms with Gasteiger partial charge in [-0.05, 0) is 63.4 Å². The SMILES string of the molecule is C=CCCCCCC(=O)N/C(=N/C(=O)OCc1ccccc1)N(C)CC(=O)OC1(CCC=C)CCCC1. The van der Waals surface area contributed by atoms with Gasteiger partial charge >= 0.3 is 12.1 Å². The highest BCUT2D eigenvalue weighted by molar-refractivity contribution is 6.01. The van der Waals surface area contributed by atoms with Gasteiger partial charge in [0.15, 0.2) is 0 Å². The van der Waals surface area contributed by atoms with E-state index in [-0.39, 0.29) is 31.4 Å². The molecule has 1 aromatic rings. The zero-order valence-corrected chi connectivity index (χ0v) is 22.1. The second kappa shape index (κ2) is 16.3. The third kappa shape index (κ3) is 11.5. The monoisotopic (exact) mass is 511 g/mol. The second-order valence-corrected chi connectivity index (χ2v) is 9.46. The summed E-state index contributed by atoms with van der Waals surface area (Å²) in [5.41, 5.74) is 0.335. The molecule has 0 atom stereocenters. The molecular weight excluding hydrogens is 470 g/mol. The highest BCUT2D eigenvalue weighted by Crippen LogP contribution is 2.37. The molecule has 0 unspecified atom stereocenters. The third-order valence-electron chi connectivity index (χ3n) is 6.34. The maximum absolute atomic E-state index is 12.9. The van der Waals surface area contributed by atoms with Crippen molar-refractivity contribution in [2.24, 2.45) is 4.99 Å². The van der Waals surface area contributed by atoms with Gasteiger partial charge in [-0.1, -0.05) is 48.9 Å². The van der Waals surface area contributed by atoms with Crippen molar-refractivity contribution < 1.29 is 23.9 Å². The van der Waals surface area contributed by atoms with Crippen molar-refractivity contribution in [3.63, 3.8) is 0 Å². The summed E-state index contributed by atoms with van der Waals surface area (Å²) in [6, 6.07) is 9.23. The van der Waals surface area contributed by atoms with Crippen LogP contribution in [0.3, 0.4) is 0 Å². The molecule has 1 aliphatic carbocycles. The number of rotatable bonds is 14. The number of hydrogen-bond acceptors (Lipinski definition) is 5. The van der Waals surface area contributed by atoms with Crippen LogP contribution in [0.4, 0.5) is 4.79 Å². The van der Waals surface area contributed by atoms with Crippen LogP contribution in [0.5, 0.6) is 0 Å². The predicted molar refractivity (Wildman–Crippen MR) is 145 cm³/mol. The highest BCUT2D eigenvalue weighted by Gasteiger charge is 2.37. The van der Waals surface area contributed by atoms with E-state index in [2.05, 4.69) is 23.5 Å². The summed E-state index contributed by atoms with van der Waals surface area (Å²) in [5, 5.41) is 2.67. The number of allylic oxidation sites excluding steroid dienone is 2. The Morgan fingerprint density at radius 2 is 1.76 bits per heavy atom. The number of amides is 2. The Hall–Kier alpha value is -3.42. The Labute approximate surface area is 220 Å². The molecule has 1 aromatic carbocycles. The number of esters is 1. The van der Waals surface area contributed by atoms with E-state index >= 15 is 0 Å². The van der Waals surface area contributed by atoms with Gasteiger partial charge in [0.05, 0.1) is 0 Å². The van der Waals surface area contributed by atoms with E-state index in [0.717, 1.165) is 63.4 Å². The molecule has 0 spiro atoms. The first-order valence-corrected chi connectivity index (χ1v) is 13.1. The number of carbonyl (C=O) groups excluding carboxylic acids is 3. The molecule has 2 amide bonds. The summed E-state index contributed by atoms with van der Waals surface area (Å²) in [6.07, 6.45) is 11.7. The first-order valence-electron chi connectivity index (χ1n) is 13.1. The molecule has 0 aromatic heterocycles. The molecule has 2 rings (SSSR count). The number of carbonyl (C=O) groups is 3. The van der Waals surface area contributed by atoms with Gasteiger partial charge in [0.1, 0.15) is 18.8 Å². The zero-order chi connectivity index (χ0) is 26.9. The molecule has 8 heteroatoms. The van der Waals surface area contributed by atoms with E-state index in [1.165, 1.54) is 4.90 Å². The number of nitrogens with zero attached hydrogens (tertiary/aromatic N) is 2. The number of ether oxygens (including phenoxy) is 2. The summed E-state index contributed by atoms with van der Waals surface area (Å²) in [6.45, 7) is 7.36. The van der Waals surface area contributed by atoms with Crippen LogP contribution in [-0.2, 0) is 25.7 Å². The zero-order valence-electron chi connectivity index (χ0n) is 22.1. The van der Waals surface area contributed by atoms with Crippen molar-refractivity contribution in [1.82, 2.24) is 10.2 Å². The summed E-state index contributed by atoms with van der Waals surface area (Å²) in [5.74, 6) is -0.762. The van der Waals surface area contributed by atoms with Gasteiger partial charge in [0.25, 0.3) is 0 Å². The smallest absolute Gasteiger partial charge is 0.437 e. The summed E-state index contributed by atoms with van der Waals surface area (Å²) < 4.78 is 11.2. The van der Waals surface area contributed by atoms with Crippen LogP contribution in [-0.4, -0.2) is 48.0 Å². The Morgan fingerprint density at radius 3 is 2.43 bits per heavy atom. The molecular formula is C29H41N3O5. The molecule has 202 valence electrons. The van der Waals surface area contributed by atoms with E-state index in [0.29, 0.717) is 6.42 Å². The Morgan fingerprint density at radius 1 is 1.05 bits per heavy atom. The van der Waals surface area contributed by atoms with Gasteiger partial charge in [0.2, 0.25) is 11.9 Å². The van der Waals surface area contributed by atoms with Gasteiger partial charge in [-0.25, -0.2) is 4.79 Å². The standard InChI is InChI=1S/C29H41N3O5/c1-4-6-8-9-13-18-25(33)30-27(31-28(35)36-23-24-16-11-10-12-17-24)32(3)22-26(34)37-29(19-7-5-2)20-14-15-21-29/h4-5,10-12,16-17H,1-2,6-9,13-15,18-23H2,3H3,(H,30,31,33,35). The quantitative estimate of drug-likeness (QED) is 0.113. The van der Waals surface area contributed by atoms with Crippen LogP contribution in [0.2, 0.25) is 0 Å². The molecule has 0 radical (unpaired) electrons. The lowest BCUT2D eigenvalue weighted by Gasteiger charge is -2.30. The van der Waals surface area contributed by atoms with Crippen molar-refractivity contribution in [2.75, 3.05) is 13.6 Å². The minimum absolute atomic E-state index is 0.0438. The van der Waals surface area contributed by atoms with E-state index in [1.807, 2.05) is 42.5 Å². The minimum Gasteiger partial charge on any atom is -0.458 e. The predicted octanol–water partition coefficient (Wildman–Crippen LogP) is 5.69.